The van der Waals surface area contributed by atoms with E-state index < -0.39 is 10.0 Å². The minimum Gasteiger partial charge on any atom is -0.335 e. The molecule has 0 amide bonds. The van der Waals surface area contributed by atoms with E-state index in [1.807, 2.05) is 0 Å². The number of nitrogens with zero attached hydrogens (tertiary/aromatic N) is 1. The maximum atomic E-state index is 10.3. The van der Waals surface area contributed by atoms with Gasteiger partial charge in [-0.25, -0.2) is 13.4 Å². The fourth-order valence-corrected chi connectivity index (χ4v) is 0.798. The fraction of sp³-hybridized carbons (Fsp3) is 0. The average Bonchev–Trinajstić information content (AvgIpc) is 2.08. The second kappa shape index (κ2) is 1.82. The van der Waals surface area contributed by atoms with E-state index in [9.17, 15) is 8.42 Å². The van der Waals surface area contributed by atoms with Crippen molar-refractivity contribution in [1.29, 1.82) is 0 Å². The number of hydrogen-bond acceptors (Lipinski definition) is 3. The van der Waals surface area contributed by atoms with E-state index in [1.54, 1.807) is 0 Å². The van der Waals surface area contributed by atoms with Gasteiger partial charge in [-0.05, 0) is 0 Å². The number of nitrogens with one attached hydrogen (secondary N) is 2. The van der Waals surface area contributed by atoms with E-state index in [0.29, 0.717) is 0 Å². The van der Waals surface area contributed by atoms with Crippen molar-refractivity contribution < 1.29 is 8.42 Å². The summed E-state index contributed by atoms with van der Waals surface area (Å²) in [5.41, 5.74) is 0. The minimum atomic E-state index is -3.83. The number of imidazole rings is 1. The largest absolute Gasteiger partial charge is 0.335 e. The van der Waals surface area contributed by atoms with Crippen molar-refractivity contribution in [2.45, 2.75) is 5.03 Å². The van der Waals surface area contributed by atoms with Gasteiger partial charge < -0.3 is 4.98 Å². The summed E-state index contributed by atoms with van der Waals surface area (Å²) in [4.78, 5) is 5.72. The van der Waals surface area contributed by atoms with E-state index in [-0.39, 0.29) is 5.03 Å². The van der Waals surface area contributed by atoms with Crippen molar-refractivity contribution in [1.82, 2.24) is 15.1 Å². The maximum absolute atomic E-state index is 10.3. The third kappa shape index (κ3) is 1.27. The summed E-state index contributed by atoms with van der Waals surface area (Å²) in [6, 6.07) is 0. The molecule has 5 nitrogen and oxygen atoms in total. The molecule has 0 aromatic carbocycles. The van der Waals surface area contributed by atoms with Gasteiger partial charge in [-0.3, -0.25) is 0 Å². The number of rotatable bonds is 1. The molecule has 0 bridgehead atoms. The molecule has 0 fully saturated rings. The second-order valence-electron chi connectivity index (χ2n) is 1.42. The second-order valence-corrected chi connectivity index (χ2v) is 2.87. The molecule has 1 rings (SSSR count). The van der Waals surface area contributed by atoms with Gasteiger partial charge in [0.2, 0.25) is 0 Å². The van der Waals surface area contributed by atoms with Crippen LogP contribution in [0.15, 0.2) is 17.6 Å². The predicted octanol–water partition coefficient (Wildman–Crippen LogP) is -0.619. The standard InChI is InChI=1S/C3H4N3O2S/c4-9(7,8)3-1-5-2-6-3/h1-2,4H,(H,5,6). The fourth-order valence-electron chi connectivity index (χ4n) is 0.390. The van der Waals surface area contributed by atoms with Gasteiger partial charge in [0.15, 0.2) is 5.03 Å². The highest BCUT2D eigenvalue weighted by molar-refractivity contribution is 7.88. The van der Waals surface area contributed by atoms with E-state index in [0.717, 1.165) is 6.20 Å². The molecule has 2 N–H and O–H groups in total. The van der Waals surface area contributed by atoms with Gasteiger partial charge in [-0.1, -0.05) is 0 Å². The predicted molar refractivity (Wildman–Crippen MR) is 28.9 cm³/mol. The number of H-pyrrole nitrogens is 1. The molecule has 0 aliphatic heterocycles. The average molecular weight is 146 g/mol. The first kappa shape index (κ1) is 6.24. The van der Waals surface area contributed by atoms with Crippen LogP contribution in [0.1, 0.15) is 0 Å². The van der Waals surface area contributed by atoms with Crippen LogP contribution in [0.3, 0.4) is 0 Å². The topological polar surface area (TPSA) is 86.6 Å². The van der Waals surface area contributed by atoms with Crippen LogP contribution >= 0.6 is 0 Å². The minimum absolute atomic E-state index is 0.178. The molecule has 0 saturated carbocycles. The molecule has 0 aliphatic rings. The van der Waals surface area contributed by atoms with Crippen LogP contribution in [0.25, 0.3) is 0 Å². The van der Waals surface area contributed by atoms with Gasteiger partial charge >= 0.3 is 0 Å². The summed E-state index contributed by atoms with van der Waals surface area (Å²) >= 11 is 0. The van der Waals surface area contributed by atoms with Gasteiger partial charge in [-0.2, -0.15) is 0 Å². The highest BCUT2D eigenvalue weighted by Gasteiger charge is 2.07. The summed E-state index contributed by atoms with van der Waals surface area (Å²) in [6.45, 7) is 0. The molecule has 0 aliphatic carbocycles. The van der Waals surface area contributed by atoms with Crippen LogP contribution in [-0.4, -0.2) is 18.4 Å². The first-order valence-electron chi connectivity index (χ1n) is 2.09. The molecule has 49 valence electrons. The third-order valence-corrected chi connectivity index (χ3v) is 1.56. The van der Waals surface area contributed by atoms with Crippen LogP contribution in [0.5, 0.6) is 0 Å². The van der Waals surface area contributed by atoms with Gasteiger partial charge in [0, 0.05) is 0 Å². The monoisotopic (exact) mass is 146 g/mol. The van der Waals surface area contributed by atoms with Crippen molar-refractivity contribution in [3.63, 3.8) is 0 Å². The Balaban J connectivity index is 3.20. The highest BCUT2D eigenvalue weighted by atomic mass is 32.2. The lowest BCUT2D eigenvalue weighted by Gasteiger charge is -1.85. The zero-order valence-electron chi connectivity index (χ0n) is 4.33. The van der Waals surface area contributed by atoms with E-state index in [1.165, 1.54) is 6.33 Å². The van der Waals surface area contributed by atoms with Crippen LogP contribution in [-0.2, 0) is 10.0 Å². The first-order chi connectivity index (χ1) is 4.11. The Morgan fingerprint density at radius 2 is 2.33 bits per heavy atom. The van der Waals surface area contributed by atoms with E-state index in [4.69, 9.17) is 5.14 Å². The van der Waals surface area contributed by atoms with Crippen molar-refractivity contribution in [3.8, 4) is 0 Å². The Morgan fingerprint density at radius 3 is 2.56 bits per heavy atom. The molecule has 0 spiro atoms. The lowest BCUT2D eigenvalue weighted by molar-refractivity contribution is 0.593. The van der Waals surface area contributed by atoms with E-state index >= 15 is 0 Å². The van der Waals surface area contributed by atoms with Gasteiger partial charge in [0.25, 0.3) is 10.0 Å². The molecule has 1 aromatic heterocycles. The lowest BCUT2D eigenvalue weighted by Crippen LogP contribution is -1.99. The van der Waals surface area contributed by atoms with Gasteiger partial charge in [0.05, 0.1) is 12.5 Å². The summed E-state index contributed by atoms with van der Waals surface area (Å²) in [7, 11) is -3.83. The Hall–Kier alpha value is -0.880. The third-order valence-electron chi connectivity index (χ3n) is 0.763. The number of sulfonamides is 1. The molecular weight excluding hydrogens is 142 g/mol. The normalized spacial score (nSPS) is 11.7. The lowest BCUT2D eigenvalue weighted by atomic mass is 11.0. The Kier molecular flexibility index (Phi) is 1.26. The van der Waals surface area contributed by atoms with Crippen LogP contribution in [0, 0.1) is 0 Å². The summed E-state index contributed by atoms with van der Waals surface area (Å²) in [5, 5.41) is 6.31. The SMILES string of the molecule is [NH]S(=O)(=O)c1cnc[nH]1. The van der Waals surface area contributed by atoms with Crippen molar-refractivity contribution in [2.24, 2.45) is 0 Å². The Labute approximate surface area is 52.0 Å². The van der Waals surface area contributed by atoms with Crippen LogP contribution in [0.4, 0.5) is 0 Å². The maximum Gasteiger partial charge on any atom is 0.271 e. The Morgan fingerprint density at radius 1 is 1.67 bits per heavy atom. The molecule has 0 atom stereocenters. The molecule has 1 aromatic rings. The Bertz CT molecular complexity index is 274. The zero-order valence-corrected chi connectivity index (χ0v) is 5.14. The molecular formula is C3H4N3O2S. The van der Waals surface area contributed by atoms with Crippen molar-refractivity contribution >= 4 is 10.0 Å². The highest BCUT2D eigenvalue weighted by Crippen LogP contribution is 1.97. The summed E-state index contributed by atoms with van der Waals surface area (Å²) in [6.07, 6.45) is 2.30. The smallest absolute Gasteiger partial charge is 0.271 e. The molecule has 9 heavy (non-hydrogen) atoms. The van der Waals surface area contributed by atoms with Crippen LogP contribution in [0.2, 0.25) is 0 Å². The molecule has 0 unspecified atom stereocenters. The summed E-state index contributed by atoms with van der Waals surface area (Å²) in [5.74, 6) is 0. The molecule has 0 saturated heterocycles. The molecule has 1 heterocycles. The number of aromatic amines is 1. The summed E-state index contributed by atoms with van der Waals surface area (Å²) < 4.78 is 20.6. The van der Waals surface area contributed by atoms with Crippen LogP contribution < -0.4 is 5.14 Å². The zero-order chi connectivity index (χ0) is 6.91. The van der Waals surface area contributed by atoms with E-state index in [2.05, 4.69) is 9.97 Å². The van der Waals surface area contributed by atoms with Gasteiger partial charge in [-0.15, -0.1) is 5.14 Å². The quantitative estimate of drug-likeness (QED) is 0.572. The number of hydrogen-bond donors (Lipinski definition) is 1. The molecule has 6 heteroatoms. The van der Waals surface area contributed by atoms with Gasteiger partial charge in [0.1, 0.15) is 0 Å². The first-order valence-corrected chi connectivity index (χ1v) is 3.57. The van der Waals surface area contributed by atoms with Crippen molar-refractivity contribution in [3.05, 3.63) is 12.5 Å². The van der Waals surface area contributed by atoms with Crippen molar-refractivity contribution in [2.75, 3.05) is 0 Å². The number of aromatic nitrogens is 2. The molecule has 1 radical (unpaired) electrons.